The van der Waals surface area contributed by atoms with Gasteiger partial charge >= 0.3 is 5.97 Å². The summed E-state index contributed by atoms with van der Waals surface area (Å²) in [4.78, 5) is 12.3. The molecule has 136 valence electrons. The van der Waals surface area contributed by atoms with Gasteiger partial charge in [0, 0.05) is 10.6 Å². The fourth-order valence-corrected chi connectivity index (χ4v) is 2.67. The van der Waals surface area contributed by atoms with E-state index in [2.05, 4.69) is 0 Å². The van der Waals surface area contributed by atoms with Gasteiger partial charge in [0.15, 0.2) is 0 Å². The van der Waals surface area contributed by atoms with E-state index in [1.54, 1.807) is 48.5 Å². The van der Waals surface area contributed by atoms with Crippen LogP contribution in [0.1, 0.15) is 27.0 Å². The van der Waals surface area contributed by atoms with Gasteiger partial charge in [0.05, 0.1) is 11.1 Å². The average Bonchev–Trinajstić information content (AvgIpc) is 2.73. The zero-order chi connectivity index (χ0) is 19.9. The lowest BCUT2D eigenvalue weighted by molar-refractivity contribution is 0.0472. The van der Waals surface area contributed by atoms with Gasteiger partial charge in [-0.1, -0.05) is 41.9 Å². The number of ether oxygens (including phenoxy) is 2. The van der Waals surface area contributed by atoms with Crippen molar-refractivity contribution in [1.82, 2.24) is 0 Å². The van der Waals surface area contributed by atoms with E-state index in [0.717, 1.165) is 0 Å². The molecule has 0 N–H and O–H groups in total. The number of nitriles is 2. The van der Waals surface area contributed by atoms with Crippen LogP contribution in [0, 0.1) is 22.7 Å². The molecule has 5 nitrogen and oxygen atoms in total. The van der Waals surface area contributed by atoms with Crippen molar-refractivity contribution >= 4 is 17.6 Å². The molecule has 0 aliphatic carbocycles. The van der Waals surface area contributed by atoms with Crippen LogP contribution in [0.25, 0.3) is 0 Å². The van der Waals surface area contributed by atoms with Crippen molar-refractivity contribution in [3.05, 3.63) is 94.0 Å². The second-order valence-corrected chi connectivity index (χ2v) is 6.11. The fourth-order valence-electron chi connectivity index (χ4n) is 2.48. The number of hydrogen-bond donors (Lipinski definition) is 0. The summed E-state index contributed by atoms with van der Waals surface area (Å²) >= 11 is 6.06. The molecule has 0 atom stereocenters. The summed E-state index contributed by atoms with van der Waals surface area (Å²) in [5, 5.41) is 18.9. The van der Waals surface area contributed by atoms with Crippen LogP contribution in [0.4, 0.5) is 0 Å². The van der Waals surface area contributed by atoms with E-state index >= 15 is 0 Å². The molecule has 0 aromatic heterocycles. The molecule has 3 aromatic rings. The van der Waals surface area contributed by atoms with Gasteiger partial charge in [-0.15, -0.1) is 0 Å². The first kappa shape index (κ1) is 19.0. The Morgan fingerprint density at radius 1 is 0.964 bits per heavy atom. The van der Waals surface area contributed by atoms with Crippen LogP contribution in [-0.4, -0.2) is 5.97 Å². The third-order valence-corrected chi connectivity index (χ3v) is 4.24. The minimum atomic E-state index is -0.531. The first-order chi connectivity index (χ1) is 13.6. The standard InChI is InChI=1S/C22H13ClN2O3/c23-20-9-2-1-5-17(20)14-27-22(26)15-6-3-8-18(11-15)28-21-10-4-7-16(12-24)19(21)13-25/h1-11H,14H2. The molecule has 0 aliphatic rings. The minimum Gasteiger partial charge on any atom is -0.457 e. The third kappa shape index (κ3) is 4.29. The molecule has 0 saturated heterocycles. The molecule has 28 heavy (non-hydrogen) atoms. The minimum absolute atomic E-state index is 0.0480. The lowest BCUT2D eigenvalue weighted by Crippen LogP contribution is -2.05. The number of carbonyl (C=O) groups is 1. The molecule has 0 unspecified atom stereocenters. The number of esters is 1. The molecule has 0 amide bonds. The van der Waals surface area contributed by atoms with E-state index in [4.69, 9.17) is 26.3 Å². The maximum Gasteiger partial charge on any atom is 0.338 e. The van der Waals surface area contributed by atoms with E-state index in [1.807, 2.05) is 18.2 Å². The Balaban J connectivity index is 1.76. The predicted molar refractivity (Wildman–Crippen MR) is 103 cm³/mol. The molecule has 6 heteroatoms. The van der Waals surface area contributed by atoms with Gasteiger partial charge in [0.1, 0.15) is 35.8 Å². The number of rotatable bonds is 5. The van der Waals surface area contributed by atoms with Gasteiger partial charge in [-0.2, -0.15) is 10.5 Å². The topological polar surface area (TPSA) is 83.1 Å². The highest BCUT2D eigenvalue weighted by atomic mass is 35.5. The SMILES string of the molecule is N#Cc1cccc(Oc2cccc(C(=O)OCc3ccccc3Cl)c2)c1C#N. The monoisotopic (exact) mass is 388 g/mol. The molecule has 0 heterocycles. The summed E-state index contributed by atoms with van der Waals surface area (Å²) in [6, 6.07) is 22.2. The van der Waals surface area contributed by atoms with Crippen LogP contribution in [0.5, 0.6) is 11.5 Å². The van der Waals surface area contributed by atoms with E-state index < -0.39 is 5.97 Å². The largest absolute Gasteiger partial charge is 0.457 e. The Labute approximate surface area is 166 Å². The Bertz CT molecular complexity index is 1110. The van der Waals surface area contributed by atoms with Crippen LogP contribution in [0.15, 0.2) is 66.7 Å². The number of benzene rings is 3. The van der Waals surface area contributed by atoms with Crippen LogP contribution in [0.3, 0.4) is 0 Å². The molecular formula is C22H13ClN2O3. The second kappa shape index (κ2) is 8.73. The van der Waals surface area contributed by atoms with Crippen molar-refractivity contribution in [2.24, 2.45) is 0 Å². The van der Waals surface area contributed by atoms with Crippen molar-refractivity contribution in [2.75, 3.05) is 0 Å². The van der Waals surface area contributed by atoms with Gasteiger partial charge in [0.25, 0.3) is 0 Å². The Kier molecular flexibility index (Phi) is 5.91. The first-order valence-electron chi connectivity index (χ1n) is 8.24. The van der Waals surface area contributed by atoms with E-state index in [1.165, 1.54) is 12.1 Å². The number of hydrogen-bond acceptors (Lipinski definition) is 5. The van der Waals surface area contributed by atoms with Crippen molar-refractivity contribution < 1.29 is 14.3 Å². The molecule has 0 spiro atoms. The molecule has 0 bridgehead atoms. The zero-order valence-corrected chi connectivity index (χ0v) is 15.3. The maximum absolute atomic E-state index is 12.3. The number of halogens is 1. The first-order valence-corrected chi connectivity index (χ1v) is 8.62. The van der Waals surface area contributed by atoms with Crippen LogP contribution in [-0.2, 0) is 11.3 Å². The summed E-state index contributed by atoms with van der Waals surface area (Å²) in [6.07, 6.45) is 0. The van der Waals surface area contributed by atoms with Gasteiger partial charge in [-0.25, -0.2) is 4.79 Å². The lowest BCUT2D eigenvalue weighted by Gasteiger charge is -2.10. The molecular weight excluding hydrogens is 376 g/mol. The second-order valence-electron chi connectivity index (χ2n) is 5.70. The Hall–Kier alpha value is -3.80. The molecule has 3 rings (SSSR count). The van der Waals surface area contributed by atoms with Crippen molar-refractivity contribution in [1.29, 1.82) is 10.5 Å². The number of nitrogens with zero attached hydrogens (tertiary/aromatic N) is 2. The normalized spacial score (nSPS) is 9.82. The smallest absolute Gasteiger partial charge is 0.338 e. The molecule has 0 radical (unpaired) electrons. The number of carbonyl (C=O) groups excluding carboxylic acids is 1. The highest BCUT2D eigenvalue weighted by Gasteiger charge is 2.13. The van der Waals surface area contributed by atoms with E-state index in [9.17, 15) is 10.1 Å². The van der Waals surface area contributed by atoms with E-state index in [0.29, 0.717) is 21.9 Å². The van der Waals surface area contributed by atoms with Gasteiger partial charge in [0.2, 0.25) is 0 Å². The summed E-state index contributed by atoms with van der Waals surface area (Å²) in [6.45, 7) is 0.0480. The van der Waals surface area contributed by atoms with Crippen LogP contribution >= 0.6 is 11.6 Å². The van der Waals surface area contributed by atoms with Gasteiger partial charge in [-0.05, 0) is 36.4 Å². The summed E-state index contributed by atoms with van der Waals surface area (Å²) < 4.78 is 11.0. The lowest BCUT2D eigenvalue weighted by atomic mass is 10.1. The highest BCUT2D eigenvalue weighted by molar-refractivity contribution is 6.31. The molecule has 3 aromatic carbocycles. The fraction of sp³-hybridized carbons (Fsp3) is 0.0455. The zero-order valence-electron chi connectivity index (χ0n) is 14.6. The van der Waals surface area contributed by atoms with Gasteiger partial charge < -0.3 is 9.47 Å². The molecule has 0 aliphatic heterocycles. The third-order valence-electron chi connectivity index (χ3n) is 3.87. The van der Waals surface area contributed by atoms with Crippen LogP contribution < -0.4 is 4.74 Å². The molecule has 0 fully saturated rings. The maximum atomic E-state index is 12.3. The van der Waals surface area contributed by atoms with Crippen molar-refractivity contribution in [3.63, 3.8) is 0 Å². The van der Waals surface area contributed by atoms with Crippen molar-refractivity contribution in [3.8, 4) is 23.6 Å². The average molecular weight is 389 g/mol. The predicted octanol–water partition coefficient (Wildman–Crippen LogP) is 5.23. The van der Waals surface area contributed by atoms with E-state index in [-0.39, 0.29) is 23.5 Å². The Morgan fingerprint density at radius 3 is 2.50 bits per heavy atom. The van der Waals surface area contributed by atoms with Crippen molar-refractivity contribution in [2.45, 2.75) is 6.61 Å². The Morgan fingerprint density at radius 2 is 1.75 bits per heavy atom. The quantitative estimate of drug-likeness (QED) is 0.558. The highest BCUT2D eigenvalue weighted by Crippen LogP contribution is 2.28. The summed E-state index contributed by atoms with van der Waals surface area (Å²) in [5.74, 6) is 0.0542. The van der Waals surface area contributed by atoms with Gasteiger partial charge in [-0.3, -0.25) is 0 Å². The summed E-state index contributed by atoms with van der Waals surface area (Å²) in [7, 11) is 0. The summed E-state index contributed by atoms with van der Waals surface area (Å²) in [5.41, 5.74) is 1.35. The van der Waals surface area contributed by atoms with Crippen LogP contribution in [0.2, 0.25) is 5.02 Å². The molecule has 0 saturated carbocycles.